The fourth-order valence-corrected chi connectivity index (χ4v) is 10.2. The molecule has 4 aliphatic carbocycles. The molecule has 0 aromatic heterocycles. The second kappa shape index (κ2) is 7.01. The van der Waals surface area contributed by atoms with E-state index in [1.54, 1.807) is 12.5 Å². The standard InChI is InChI=1S/C26H42O4Si/c1-18(27)26(30-31(4,5)6)12-10-22-20-8-7-19-17-25(28-15-16-29-25)14-13-23(19,2)21(20)9-11-24(22,26)3/h7,20-22H,8-17H2,1-6H3/t20-,21+,22+,23+,24+,26+/m1/s1. The molecule has 6 atom stereocenters. The number of allylic oxidation sites excluding steroid dienone is 1. The monoisotopic (exact) mass is 446 g/mol. The zero-order chi connectivity index (χ0) is 22.3. The van der Waals surface area contributed by atoms with E-state index in [4.69, 9.17) is 13.9 Å². The van der Waals surface area contributed by atoms with Gasteiger partial charge in [0.25, 0.3) is 0 Å². The summed E-state index contributed by atoms with van der Waals surface area (Å²) in [7, 11) is -1.85. The molecule has 0 unspecified atom stereocenters. The van der Waals surface area contributed by atoms with Crippen LogP contribution in [0.15, 0.2) is 11.6 Å². The van der Waals surface area contributed by atoms with Crippen LogP contribution in [-0.4, -0.2) is 38.7 Å². The van der Waals surface area contributed by atoms with Crippen LogP contribution >= 0.6 is 0 Å². The average Bonchev–Trinajstić information content (AvgIpc) is 3.25. The molecule has 0 aromatic carbocycles. The van der Waals surface area contributed by atoms with E-state index in [2.05, 4.69) is 39.6 Å². The minimum Gasteiger partial charge on any atom is -0.405 e. The molecule has 0 radical (unpaired) electrons. The van der Waals surface area contributed by atoms with Crippen LogP contribution in [0.3, 0.4) is 0 Å². The van der Waals surface area contributed by atoms with E-state index >= 15 is 0 Å². The summed E-state index contributed by atoms with van der Waals surface area (Å²) in [4.78, 5) is 13.2. The molecule has 1 saturated heterocycles. The van der Waals surface area contributed by atoms with Crippen molar-refractivity contribution >= 4 is 14.1 Å². The lowest BCUT2D eigenvalue weighted by atomic mass is 9.46. The number of Topliss-reactive ketones (excluding diaryl/α,β-unsaturated/α-hetero) is 1. The zero-order valence-corrected chi connectivity index (χ0v) is 21.5. The van der Waals surface area contributed by atoms with Crippen molar-refractivity contribution in [2.24, 2.45) is 28.6 Å². The van der Waals surface area contributed by atoms with Crippen molar-refractivity contribution in [3.63, 3.8) is 0 Å². The van der Waals surface area contributed by atoms with Gasteiger partial charge in [-0.25, -0.2) is 0 Å². The SMILES string of the molecule is CC(=O)[C@@]1(O[Si](C)(C)C)CC[C@H]2[C@@H]3CC=C4CC5(CC[C@]4(C)[C@H]3CC[C@@]21C)OCCO5. The van der Waals surface area contributed by atoms with Crippen LogP contribution in [0, 0.1) is 28.6 Å². The number of hydrogen-bond acceptors (Lipinski definition) is 4. The van der Waals surface area contributed by atoms with E-state index < -0.39 is 13.9 Å². The van der Waals surface area contributed by atoms with Gasteiger partial charge in [-0.05, 0) is 88.3 Å². The van der Waals surface area contributed by atoms with Gasteiger partial charge >= 0.3 is 0 Å². The first-order valence-corrected chi connectivity index (χ1v) is 16.0. The maximum Gasteiger partial charge on any atom is 0.185 e. The van der Waals surface area contributed by atoms with Crippen molar-refractivity contribution in [1.82, 2.24) is 0 Å². The molecule has 0 amide bonds. The minimum atomic E-state index is -1.85. The summed E-state index contributed by atoms with van der Waals surface area (Å²) in [6, 6.07) is 0. The quantitative estimate of drug-likeness (QED) is 0.402. The van der Waals surface area contributed by atoms with Gasteiger partial charge in [0.15, 0.2) is 19.9 Å². The summed E-state index contributed by atoms with van der Waals surface area (Å²) < 4.78 is 19.0. The third-order valence-electron chi connectivity index (χ3n) is 10.1. The Bertz CT molecular complexity index is 794. The molecule has 0 N–H and O–H groups in total. The van der Waals surface area contributed by atoms with Gasteiger partial charge in [-0.3, -0.25) is 4.79 Å². The van der Waals surface area contributed by atoms with Gasteiger partial charge in [-0.2, -0.15) is 0 Å². The fraction of sp³-hybridized carbons (Fsp3) is 0.885. The molecular formula is C26H42O4Si. The summed E-state index contributed by atoms with van der Waals surface area (Å²) >= 11 is 0. The normalized spacial score (nSPS) is 46.3. The molecule has 31 heavy (non-hydrogen) atoms. The zero-order valence-electron chi connectivity index (χ0n) is 20.5. The number of ketones is 1. The second-order valence-electron chi connectivity index (χ2n) is 12.6. The number of ether oxygens (including phenoxy) is 2. The molecular weight excluding hydrogens is 404 g/mol. The molecule has 1 aliphatic heterocycles. The Morgan fingerprint density at radius 2 is 1.71 bits per heavy atom. The largest absolute Gasteiger partial charge is 0.405 e. The van der Waals surface area contributed by atoms with Gasteiger partial charge in [-0.1, -0.05) is 25.5 Å². The first kappa shape index (κ1) is 22.3. The van der Waals surface area contributed by atoms with E-state index in [1.165, 1.54) is 6.42 Å². The van der Waals surface area contributed by atoms with Crippen molar-refractivity contribution in [3.8, 4) is 0 Å². The lowest BCUT2D eigenvalue weighted by molar-refractivity contribution is -0.187. The molecule has 4 nitrogen and oxygen atoms in total. The molecule has 5 rings (SSSR count). The van der Waals surface area contributed by atoms with E-state index in [0.717, 1.165) is 58.2 Å². The molecule has 4 fully saturated rings. The molecule has 0 bridgehead atoms. The highest BCUT2D eigenvalue weighted by Gasteiger charge is 2.67. The summed E-state index contributed by atoms with van der Waals surface area (Å²) in [6.45, 7) is 14.9. The van der Waals surface area contributed by atoms with Crippen molar-refractivity contribution in [2.45, 2.75) is 103 Å². The van der Waals surface area contributed by atoms with E-state index in [0.29, 0.717) is 17.8 Å². The maximum absolute atomic E-state index is 13.2. The number of fused-ring (bicyclic) bond motifs is 5. The summed E-state index contributed by atoms with van der Waals surface area (Å²) in [6.07, 6.45) is 11.2. The van der Waals surface area contributed by atoms with Crippen molar-refractivity contribution in [2.75, 3.05) is 13.2 Å². The predicted octanol–water partition coefficient (Wildman–Crippen LogP) is 5.87. The second-order valence-corrected chi connectivity index (χ2v) is 17.1. The Hall–Kier alpha value is -0.493. The molecule has 0 aromatic rings. The van der Waals surface area contributed by atoms with Crippen LogP contribution in [0.2, 0.25) is 19.6 Å². The minimum absolute atomic E-state index is 0.0322. The van der Waals surface area contributed by atoms with Gasteiger partial charge < -0.3 is 13.9 Å². The highest BCUT2D eigenvalue weighted by Crippen LogP contribution is 2.69. The summed E-state index contributed by atoms with van der Waals surface area (Å²) in [5, 5.41) is 0. The topological polar surface area (TPSA) is 44.8 Å². The average molecular weight is 447 g/mol. The highest BCUT2D eigenvalue weighted by atomic mass is 28.4. The van der Waals surface area contributed by atoms with Gasteiger partial charge in [-0.15, -0.1) is 0 Å². The highest BCUT2D eigenvalue weighted by molar-refractivity contribution is 6.70. The van der Waals surface area contributed by atoms with Crippen LogP contribution in [0.25, 0.3) is 0 Å². The van der Waals surface area contributed by atoms with Crippen LogP contribution in [0.5, 0.6) is 0 Å². The van der Waals surface area contributed by atoms with Gasteiger partial charge in [0, 0.05) is 18.3 Å². The lowest BCUT2D eigenvalue weighted by Crippen LogP contribution is -2.60. The Kier molecular flexibility index (Phi) is 5.04. The van der Waals surface area contributed by atoms with Crippen molar-refractivity contribution < 1.29 is 18.7 Å². The first-order valence-electron chi connectivity index (χ1n) is 12.6. The van der Waals surface area contributed by atoms with Gasteiger partial charge in [0.2, 0.25) is 0 Å². The Labute approximate surface area is 189 Å². The Morgan fingerprint density at radius 1 is 1.03 bits per heavy atom. The molecule has 3 saturated carbocycles. The third kappa shape index (κ3) is 3.13. The number of carbonyl (C=O) groups is 1. The molecule has 5 aliphatic rings. The van der Waals surface area contributed by atoms with Crippen molar-refractivity contribution in [1.29, 1.82) is 0 Å². The van der Waals surface area contributed by atoms with Crippen LogP contribution in [0.4, 0.5) is 0 Å². The van der Waals surface area contributed by atoms with E-state index in [-0.39, 0.29) is 22.4 Å². The molecule has 1 heterocycles. The van der Waals surface area contributed by atoms with Crippen LogP contribution < -0.4 is 0 Å². The van der Waals surface area contributed by atoms with Crippen molar-refractivity contribution in [3.05, 3.63) is 11.6 Å². The third-order valence-corrected chi connectivity index (χ3v) is 11.1. The molecule has 1 spiro atoms. The smallest absolute Gasteiger partial charge is 0.185 e. The lowest BCUT2D eigenvalue weighted by Gasteiger charge is -2.60. The molecule has 174 valence electrons. The number of hydrogen-bond donors (Lipinski definition) is 0. The van der Waals surface area contributed by atoms with E-state index in [1.807, 2.05) is 0 Å². The Balaban J connectivity index is 1.46. The fourth-order valence-electron chi connectivity index (χ4n) is 8.69. The number of carbonyl (C=O) groups excluding carboxylic acids is 1. The first-order chi connectivity index (χ1) is 14.4. The summed E-state index contributed by atoms with van der Waals surface area (Å²) in [5.41, 5.74) is 1.24. The van der Waals surface area contributed by atoms with Gasteiger partial charge in [0.1, 0.15) is 5.60 Å². The van der Waals surface area contributed by atoms with Gasteiger partial charge in [0.05, 0.1) is 13.2 Å². The molecule has 5 heteroatoms. The number of rotatable bonds is 3. The van der Waals surface area contributed by atoms with Crippen LogP contribution in [0.1, 0.15) is 72.1 Å². The van der Waals surface area contributed by atoms with Crippen LogP contribution in [-0.2, 0) is 18.7 Å². The predicted molar refractivity (Wildman–Crippen MR) is 124 cm³/mol. The van der Waals surface area contributed by atoms with E-state index in [9.17, 15) is 4.79 Å². The summed E-state index contributed by atoms with van der Waals surface area (Å²) in [5.74, 6) is 1.88. The Morgan fingerprint density at radius 3 is 2.35 bits per heavy atom. The maximum atomic E-state index is 13.2.